The van der Waals surface area contributed by atoms with E-state index in [0.29, 0.717) is 0 Å². The van der Waals surface area contributed by atoms with Crippen LogP contribution < -0.4 is 0 Å². The van der Waals surface area contributed by atoms with Crippen LogP contribution in [-0.2, 0) is 11.4 Å². The Balaban J connectivity index is 2.95. The van der Waals surface area contributed by atoms with Gasteiger partial charge in [-0.25, -0.2) is 0 Å². The third-order valence-electron chi connectivity index (χ3n) is 1.34. The monoisotopic (exact) mass is 278 g/mol. The molecule has 2 nitrogen and oxygen atoms in total. The van der Waals surface area contributed by atoms with Crippen molar-refractivity contribution in [2.45, 2.75) is 17.6 Å². The van der Waals surface area contributed by atoms with Crippen LogP contribution in [0.3, 0.4) is 0 Å². The predicted octanol–water partition coefficient (Wildman–Crippen LogP) is 2.89. The van der Waals surface area contributed by atoms with Gasteiger partial charge in [0.2, 0.25) is 0 Å². The van der Waals surface area contributed by atoms with E-state index in [0.717, 1.165) is 12.3 Å². The molecular formula is C6H4BrF5N2. The Hall–Kier alpha value is -0.660. The van der Waals surface area contributed by atoms with Crippen LogP contribution in [0.2, 0.25) is 0 Å². The van der Waals surface area contributed by atoms with Crippen LogP contribution in [0.4, 0.5) is 22.0 Å². The lowest BCUT2D eigenvalue weighted by atomic mass is 10.4. The number of rotatable bonds is 2. The first-order valence-corrected chi connectivity index (χ1v) is 4.15. The summed E-state index contributed by atoms with van der Waals surface area (Å²) in [5.41, 5.74) is -0.824. The molecule has 0 saturated carbocycles. The Morgan fingerprint density at radius 1 is 1.29 bits per heavy atom. The van der Waals surface area contributed by atoms with Crippen LogP contribution in [0.25, 0.3) is 0 Å². The van der Waals surface area contributed by atoms with Crippen molar-refractivity contribution in [1.82, 2.24) is 9.78 Å². The smallest absolute Gasteiger partial charge is 0.253 e. The second-order valence-electron chi connectivity index (χ2n) is 2.49. The van der Waals surface area contributed by atoms with Crippen molar-refractivity contribution in [2.24, 2.45) is 0 Å². The summed E-state index contributed by atoms with van der Waals surface area (Å²) >= 11 is 1.96. The molecule has 0 fully saturated rings. The fourth-order valence-corrected chi connectivity index (χ4v) is 1.21. The van der Waals surface area contributed by atoms with E-state index in [2.05, 4.69) is 5.10 Å². The minimum Gasteiger partial charge on any atom is -0.253 e. The topological polar surface area (TPSA) is 17.8 Å². The third-order valence-corrected chi connectivity index (χ3v) is 1.74. The van der Waals surface area contributed by atoms with Gasteiger partial charge >= 0.3 is 11.0 Å². The summed E-state index contributed by atoms with van der Waals surface area (Å²) in [6.07, 6.45) is -3.69. The molecule has 0 aliphatic rings. The van der Waals surface area contributed by atoms with Gasteiger partial charge in [0.05, 0.1) is 0 Å². The van der Waals surface area contributed by atoms with Crippen molar-refractivity contribution in [1.29, 1.82) is 0 Å². The van der Waals surface area contributed by atoms with Crippen LogP contribution in [0.15, 0.2) is 12.3 Å². The van der Waals surface area contributed by atoms with Crippen molar-refractivity contribution < 1.29 is 22.0 Å². The second kappa shape index (κ2) is 3.48. The summed E-state index contributed by atoms with van der Waals surface area (Å²) in [6.45, 7) is -1.53. The zero-order valence-corrected chi connectivity index (χ0v) is 8.11. The fourth-order valence-electron chi connectivity index (χ4n) is 0.869. The molecule has 8 heteroatoms. The fraction of sp³-hybridized carbons (Fsp3) is 0.500. The van der Waals surface area contributed by atoms with Gasteiger partial charge in [-0.3, -0.25) is 4.68 Å². The number of hydrogen-bond acceptors (Lipinski definition) is 1. The van der Waals surface area contributed by atoms with Crippen molar-refractivity contribution in [3.8, 4) is 0 Å². The molecule has 0 spiro atoms. The van der Waals surface area contributed by atoms with Gasteiger partial charge in [0.1, 0.15) is 12.2 Å². The Morgan fingerprint density at radius 2 is 1.86 bits per heavy atom. The minimum atomic E-state index is -4.57. The summed E-state index contributed by atoms with van der Waals surface area (Å²) in [5, 5.41) is 3.15. The highest BCUT2D eigenvalue weighted by atomic mass is 79.9. The Labute approximate surface area is 83.8 Å². The number of alkyl halides is 6. The van der Waals surface area contributed by atoms with E-state index >= 15 is 0 Å². The molecule has 0 amide bonds. The molecule has 0 saturated heterocycles. The van der Waals surface area contributed by atoms with E-state index in [1.165, 1.54) is 0 Å². The predicted molar refractivity (Wildman–Crippen MR) is 41.1 cm³/mol. The molecule has 0 radical (unpaired) electrons. The van der Waals surface area contributed by atoms with Crippen LogP contribution in [-0.4, -0.2) is 16.0 Å². The Kier molecular flexibility index (Phi) is 2.84. The molecular weight excluding hydrogens is 275 g/mol. The first kappa shape index (κ1) is 11.4. The van der Waals surface area contributed by atoms with Crippen molar-refractivity contribution in [3.05, 3.63) is 18.0 Å². The van der Waals surface area contributed by atoms with E-state index in [1.54, 1.807) is 0 Å². The van der Waals surface area contributed by atoms with Gasteiger partial charge in [-0.15, -0.1) is 0 Å². The van der Waals surface area contributed by atoms with Crippen molar-refractivity contribution in [3.63, 3.8) is 0 Å². The van der Waals surface area contributed by atoms with Gasteiger partial charge in [0, 0.05) is 6.20 Å². The molecule has 0 N–H and O–H groups in total. The highest BCUT2D eigenvalue weighted by Crippen LogP contribution is 2.35. The summed E-state index contributed by atoms with van der Waals surface area (Å²) in [4.78, 5) is -3.51. The summed E-state index contributed by atoms with van der Waals surface area (Å²) in [5.74, 6) is 0. The van der Waals surface area contributed by atoms with Crippen LogP contribution >= 0.6 is 15.9 Å². The standard InChI is InChI=1S/C6H4BrF5N2/c7-6(11,12)4-1-2-13-14(4)3-5(8,9)10/h1-2H,3H2. The largest absolute Gasteiger partial charge is 0.408 e. The Morgan fingerprint density at radius 3 is 2.29 bits per heavy atom. The number of aromatic nitrogens is 2. The van der Waals surface area contributed by atoms with Gasteiger partial charge in [0.25, 0.3) is 0 Å². The van der Waals surface area contributed by atoms with E-state index in [-0.39, 0.29) is 4.68 Å². The molecule has 14 heavy (non-hydrogen) atoms. The maximum absolute atomic E-state index is 12.6. The summed E-state index contributed by atoms with van der Waals surface area (Å²) in [7, 11) is 0. The molecule has 1 aromatic rings. The van der Waals surface area contributed by atoms with Crippen LogP contribution in [0.5, 0.6) is 0 Å². The second-order valence-corrected chi connectivity index (χ2v) is 3.48. The van der Waals surface area contributed by atoms with Gasteiger partial charge in [-0.05, 0) is 22.0 Å². The Bertz CT molecular complexity index is 313. The first-order valence-electron chi connectivity index (χ1n) is 3.36. The first-order chi connectivity index (χ1) is 6.20. The number of halogens is 6. The third kappa shape index (κ3) is 2.93. The molecule has 1 aromatic heterocycles. The molecule has 1 heterocycles. The number of nitrogens with zero attached hydrogens (tertiary/aromatic N) is 2. The zero-order valence-electron chi connectivity index (χ0n) is 6.52. The zero-order chi connectivity index (χ0) is 11.0. The van der Waals surface area contributed by atoms with Gasteiger partial charge in [-0.2, -0.15) is 27.1 Å². The molecule has 1 rings (SSSR count). The lowest BCUT2D eigenvalue weighted by molar-refractivity contribution is -0.143. The summed E-state index contributed by atoms with van der Waals surface area (Å²) < 4.78 is 61.0. The van der Waals surface area contributed by atoms with Gasteiger partial charge in [0.15, 0.2) is 0 Å². The number of hydrogen-bond donors (Lipinski definition) is 0. The molecule has 0 unspecified atom stereocenters. The molecule has 80 valence electrons. The lowest BCUT2D eigenvalue weighted by Gasteiger charge is -2.13. The van der Waals surface area contributed by atoms with Crippen LogP contribution in [0.1, 0.15) is 5.69 Å². The average Bonchev–Trinajstić information content (AvgIpc) is 2.29. The highest BCUT2D eigenvalue weighted by molar-refractivity contribution is 9.09. The molecule has 0 aromatic carbocycles. The SMILES string of the molecule is FC(F)(F)Cn1nccc1C(F)(F)Br. The average molecular weight is 279 g/mol. The molecule has 0 aliphatic carbocycles. The minimum absolute atomic E-state index is 0.203. The maximum Gasteiger partial charge on any atom is 0.408 e. The van der Waals surface area contributed by atoms with Crippen molar-refractivity contribution in [2.75, 3.05) is 0 Å². The van der Waals surface area contributed by atoms with E-state index in [4.69, 9.17) is 0 Å². The molecule has 0 bridgehead atoms. The van der Waals surface area contributed by atoms with Crippen molar-refractivity contribution >= 4 is 15.9 Å². The normalized spacial score (nSPS) is 13.3. The van der Waals surface area contributed by atoms with Gasteiger partial charge < -0.3 is 0 Å². The van der Waals surface area contributed by atoms with E-state index in [9.17, 15) is 22.0 Å². The van der Waals surface area contributed by atoms with E-state index in [1.807, 2.05) is 15.9 Å². The highest BCUT2D eigenvalue weighted by Gasteiger charge is 2.36. The molecule has 0 atom stereocenters. The van der Waals surface area contributed by atoms with Gasteiger partial charge in [-0.1, -0.05) is 0 Å². The summed E-state index contributed by atoms with van der Waals surface area (Å²) in [6, 6.07) is 0.820. The van der Waals surface area contributed by atoms with E-state index < -0.39 is 23.2 Å². The van der Waals surface area contributed by atoms with Crippen LogP contribution in [0, 0.1) is 0 Å². The molecule has 0 aliphatic heterocycles. The maximum atomic E-state index is 12.6. The quantitative estimate of drug-likeness (QED) is 0.601. The lowest BCUT2D eigenvalue weighted by Crippen LogP contribution is -2.23.